The van der Waals surface area contributed by atoms with Crippen molar-refractivity contribution in [2.75, 3.05) is 29.9 Å². The minimum atomic E-state index is 0.181. The zero-order valence-electron chi connectivity index (χ0n) is 19.5. The van der Waals surface area contributed by atoms with Crippen molar-refractivity contribution in [1.29, 1.82) is 0 Å². The van der Waals surface area contributed by atoms with Gasteiger partial charge in [0, 0.05) is 60.7 Å². The summed E-state index contributed by atoms with van der Waals surface area (Å²) in [6.07, 6.45) is 2.74. The van der Waals surface area contributed by atoms with Crippen LogP contribution in [0.1, 0.15) is 61.6 Å². The summed E-state index contributed by atoms with van der Waals surface area (Å²) in [4.78, 5) is 17.7. The molecule has 1 unspecified atom stereocenters. The molecular weight excluding hydrogens is 392 g/mol. The molecule has 0 amide bonds. The van der Waals surface area contributed by atoms with Crippen molar-refractivity contribution in [3.8, 4) is 0 Å². The number of aryl methyl sites for hydroxylation is 3. The van der Waals surface area contributed by atoms with Gasteiger partial charge in [0.25, 0.3) is 0 Å². The first-order chi connectivity index (χ1) is 15.4. The zero-order valence-corrected chi connectivity index (χ0v) is 19.5. The average molecular weight is 423 g/mol. The van der Waals surface area contributed by atoms with Crippen molar-refractivity contribution in [3.63, 3.8) is 0 Å². The molecule has 2 heterocycles. The van der Waals surface area contributed by atoms with Gasteiger partial charge in [-0.15, -0.1) is 0 Å². The number of Topliss-reactive ketones (excluding diaryl/α,β-unsaturated/α-hetero) is 1. The third kappa shape index (κ3) is 2.83. The van der Waals surface area contributed by atoms with Gasteiger partial charge in [-0.05, 0) is 79.6 Å². The largest absolute Gasteiger partial charge is 0.374 e. The van der Waals surface area contributed by atoms with Crippen LogP contribution < -0.4 is 9.80 Å². The fraction of sp³-hybridized carbons (Fsp3) is 0.345. The monoisotopic (exact) mass is 422 g/mol. The molecule has 0 fully saturated rings. The van der Waals surface area contributed by atoms with Crippen molar-refractivity contribution in [3.05, 3.63) is 87.0 Å². The van der Waals surface area contributed by atoms with Crippen LogP contribution in [0, 0.1) is 20.8 Å². The molecule has 3 nitrogen and oxygen atoms in total. The lowest BCUT2D eigenvalue weighted by Crippen LogP contribution is -2.15. The number of ketones is 1. The van der Waals surface area contributed by atoms with Crippen LogP contribution in [0.25, 0.3) is 0 Å². The number of fused-ring (bicyclic) bond motifs is 3. The highest BCUT2D eigenvalue weighted by molar-refractivity contribution is 6.02. The van der Waals surface area contributed by atoms with E-state index in [1.807, 2.05) is 6.07 Å². The molecule has 1 aliphatic carbocycles. The Hall–Kier alpha value is -3.07. The Morgan fingerprint density at radius 3 is 2.22 bits per heavy atom. The predicted octanol–water partition coefficient (Wildman–Crippen LogP) is 6.02. The number of likely N-dealkylation sites (N-methyl/N-ethyl adjacent to an activating group) is 1. The molecule has 0 N–H and O–H groups in total. The van der Waals surface area contributed by atoms with E-state index < -0.39 is 0 Å². The molecule has 3 aromatic carbocycles. The molecule has 0 saturated heterocycles. The standard InChI is InChI=1S/C29H30N2O/c1-17-5-6-21-24(11-17)25(16-29(21)32)23-12-18(2)14-27-20(23)8-10-31(27)28-15-19(3)13-26-22(28)7-9-30(26)4/h5-6,11-15,25H,7-10,16H2,1-4H3. The Balaban J connectivity index is 1.49. The normalized spacial score (nSPS) is 18.9. The maximum atomic E-state index is 12.8. The highest BCUT2D eigenvalue weighted by Crippen LogP contribution is 2.47. The molecule has 3 aliphatic rings. The summed E-state index contributed by atoms with van der Waals surface area (Å²) < 4.78 is 0. The van der Waals surface area contributed by atoms with Crippen molar-refractivity contribution in [2.24, 2.45) is 0 Å². The van der Waals surface area contributed by atoms with Crippen molar-refractivity contribution in [1.82, 2.24) is 0 Å². The van der Waals surface area contributed by atoms with Crippen LogP contribution >= 0.6 is 0 Å². The molecule has 0 saturated carbocycles. The lowest BCUT2D eigenvalue weighted by atomic mass is 9.86. The van der Waals surface area contributed by atoms with Gasteiger partial charge >= 0.3 is 0 Å². The van der Waals surface area contributed by atoms with Crippen LogP contribution in [-0.2, 0) is 12.8 Å². The molecule has 3 aromatic rings. The number of rotatable bonds is 2. The Morgan fingerprint density at radius 1 is 0.750 bits per heavy atom. The van der Waals surface area contributed by atoms with Crippen LogP contribution in [0.15, 0.2) is 42.5 Å². The molecule has 0 spiro atoms. The molecule has 1 atom stereocenters. The Morgan fingerprint density at radius 2 is 1.41 bits per heavy atom. The molecule has 0 radical (unpaired) electrons. The van der Waals surface area contributed by atoms with Crippen molar-refractivity contribution < 1.29 is 4.79 Å². The lowest BCUT2D eigenvalue weighted by molar-refractivity contribution is 0.0991. The second kappa shape index (κ2) is 6.96. The van der Waals surface area contributed by atoms with Crippen molar-refractivity contribution >= 4 is 22.8 Å². The van der Waals surface area contributed by atoms with Crippen LogP contribution in [-0.4, -0.2) is 25.9 Å². The lowest BCUT2D eigenvalue weighted by Gasteiger charge is -2.25. The molecule has 2 aliphatic heterocycles. The van der Waals surface area contributed by atoms with Gasteiger partial charge in [-0.1, -0.05) is 29.8 Å². The summed E-state index contributed by atoms with van der Waals surface area (Å²) >= 11 is 0. The van der Waals surface area contributed by atoms with Crippen LogP contribution in [0.4, 0.5) is 17.1 Å². The summed E-state index contributed by atoms with van der Waals surface area (Å²) in [5, 5.41) is 0. The van der Waals surface area contributed by atoms with E-state index in [9.17, 15) is 4.79 Å². The van der Waals surface area contributed by atoms with Gasteiger partial charge in [0.05, 0.1) is 0 Å². The quantitative estimate of drug-likeness (QED) is 0.505. The highest BCUT2D eigenvalue weighted by Gasteiger charge is 2.35. The maximum absolute atomic E-state index is 12.8. The molecule has 3 heteroatoms. The Labute approximate surface area is 190 Å². The predicted molar refractivity (Wildman–Crippen MR) is 132 cm³/mol. The SMILES string of the molecule is Cc1ccc2c(c1)C(c1cc(C)cc3c1CCN3c1cc(C)cc3c1CCN3C)CC2=O. The number of benzene rings is 3. The smallest absolute Gasteiger partial charge is 0.164 e. The molecule has 0 bridgehead atoms. The van der Waals surface area contributed by atoms with E-state index in [0.29, 0.717) is 6.42 Å². The number of carbonyl (C=O) groups excluding carboxylic acids is 1. The number of carbonyl (C=O) groups is 1. The minimum absolute atomic E-state index is 0.181. The fourth-order valence-corrected chi connectivity index (χ4v) is 6.17. The maximum Gasteiger partial charge on any atom is 0.164 e. The van der Waals surface area contributed by atoms with E-state index in [4.69, 9.17) is 0 Å². The van der Waals surface area contributed by atoms with Gasteiger partial charge in [0.15, 0.2) is 5.78 Å². The van der Waals surface area contributed by atoms with Crippen LogP contribution in [0.5, 0.6) is 0 Å². The molecule has 32 heavy (non-hydrogen) atoms. The molecule has 0 aromatic heterocycles. The molecule has 162 valence electrons. The number of hydrogen-bond acceptors (Lipinski definition) is 3. The summed E-state index contributed by atoms with van der Waals surface area (Å²) in [7, 11) is 2.20. The van der Waals surface area contributed by atoms with Gasteiger partial charge < -0.3 is 9.80 Å². The van der Waals surface area contributed by atoms with E-state index in [1.165, 1.54) is 56.0 Å². The fourth-order valence-electron chi connectivity index (χ4n) is 6.17. The number of hydrogen-bond donors (Lipinski definition) is 0. The number of anilines is 3. The minimum Gasteiger partial charge on any atom is -0.374 e. The van der Waals surface area contributed by atoms with E-state index >= 15 is 0 Å². The first-order valence-corrected chi connectivity index (χ1v) is 11.8. The van der Waals surface area contributed by atoms with E-state index in [1.54, 1.807) is 0 Å². The second-order valence-corrected chi connectivity index (χ2v) is 9.98. The van der Waals surface area contributed by atoms with E-state index in [2.05, 4.69) is 74.0 Å². The summed E-state index contributed by atoms with van der Waals surface area (Å²) in [6.45, 7) is 8.62. The van der Waals surface area contributed by atoms with Crippen LogP contribution in [0.3, 0.4) is 0 Å². The number of nitrogens with zero attached hydrogens (tertiary/aromatic N) is 2. The third-order valence-corrected chi connectivity index (χ3v) is 7.68. The van der Waals surface area contributed by atoms with Gasteiger partial charge in [-0.25, -0.2) is 0 Å². The summed E-state index contributed by atoms with van der Waals surface area (Å²) in [6, 6.07) is 15.7. The van der Waals surface area contributed by atoms with E-state index in [0.717, 1.165) is 31.5 Å². The van der Waals surface area contributed by atoms with Gasteiger partial charge in [-0.2, -0.15) is 0 Å². The van der Waals surface area contributed by atoms with E-state index in [-0.39, 0.29) is 11.7 Å². The van der Waals surface area contributed by atoms with Gasteiger partial charge in [-0.3, -0.25) is 4.79 Å². The van der Waals surface area contributed by atoms with Crippen molar-refractivity contribution in [2.45, 2.75) is 46.0 Å². The van der Waals surface area contributed by atoms with Crippen LogP contribution in [0.2, 0.25) is 0 Å². The first-order valence-electron chi connectivity index (χ1n) is 11.8. The van der Waals surface area contributed by atoms with Gasteiger partial charge in [0.1, 0.15) is 0 Å². The topological polar surface area (TPSA) is 23.6 Å². The average Bonchev–Trinajstić information content (AvgIpc) is 3.43. The zero-order chi connectivity index (χ0) is 22.1. The highest BCUT2D eigenvalue weighted by atomic mass is 16.1. The first kappa shape index (κ1) is 19.6. The molecule has 6 rings (SSSR count). The Kier molecular flexibility index (Phi) is 4.27. The third-order valence-electron chi connectivity index (χ3n) is 7.68. The Bertz CT molecular complexity index is 1290. The summed E-state index contributed by atoms with van der Waals surface area (Å²) in [5.41, 5.74) is 14.3. The second-order valence-electron chi connectivity index (χ2n) is 9.98. The summed E-state index contributed by atoms with van der Waals surface area (Å²) in [5.74, 6) is 0.468. The molecular formula is C29H30N2O. The van der Waals surface area contributed by atoms with Gasteiger partial charge in [0.2, 0.25) is 0 Å².